The van der Waals surface area contributed by atoms with E-state index >= 15 is 0 Å². The van der Waals surface area contributed by atoms with E-state index in [-0.39, 0.29) is 5.75 Å². The number of hydrogen-bond acceptors (Lipinski definition) is 8. The summed E-state index contributed by atoms with van der Waals surface area (Å²) in [6, 6.07) is 14.8. The molecule has 0 bridgehead atoms. The van der Waals surface area contributed by atoms with E-state index in [1.165, 1.54) is 6.42 Å². The number of aromatic nitrogens is 3. The molecule has 37 heavy (non-hydrogen) atoms. The first kappa shape index (κ1) is 24.8. The highest BCUT2D eigenvalue weighted by Crippen LogP contribution is 2.32. The Morgan fingerprint density at radius 3 is 2.59 bits per heavy atom. The fourth-order valence-corrected chi connectivity index (χ4v) is 5.41. The molecule has 2 fully saturated rings. The van der Waals surface area contributed by atoms with Crippen molar-refractivity contribution in [3.63, 3.8) is 0 Å². The van der Waals surface area contributed by atoms with E-state index in [2.05, 4.69) is 74.6 Å². The van der Waals surface area contributed by atoms with Crippen LogP contribution >= 0.6 is 0 Å². The van der Waals surface area contributed by atoms with Gasteiger partial charge in [-0.15, -0.1) is 10.2 Å². The van der Waals surface area contributed by atoms with Crippen LogP contribution in [-0.2, 0) is 0 Å². The Bertz CT molecular complexity index is 1310. The maximum absolute atomic E-state index is 10.3. The van der Waals surface area contributed by atoms with E-state index in [4.69, 9.17) is 5.73 Å². The van der Waals surface area contributed by atoms with E-state index in [0.717, 1.165) is 49.7 Å². The third-order valence-corrected chi connectivity index (χ3v) is 7.65. The molecule has 1 aromatic carbocycles. The van der Waals surface area contributed by atoms with Gasteiger partial charge in [-0.05, 0) is 69.9 Å². The van der Waals surface area contributed by atoms with Crippen molar-refractivity contribution in [3.8, 4) is 28.8 Å². The molecule has 2 aliphatic heterocycles. The summed E-state index contributed by atoms with van der Waals surface area (Å²) in [5.74, 6) is 7.16. The second-order valence-electron chi connectivity index (χ2n) is 10.1. The van der Waals surface area contributed by atoms with Crippen LogP contribution in [0.15, 0.2) is 48.7 Å². The zero-order valence-corrected chi connectivity index (χ0v) is 21.8. The molecule has 2 unspecified atom stereocenters. The molecular formula is C29H35N7O. The number of rotatable bonds is 4. The fraction of sp³-hybridized carbons (Fsp3) is 0.414. The molecule has 0 amide bonds. The minimum atomic E-state index is 0.175. The molecule has 2 saturated heterocycles. The van der Waals surface area contributed by atoms with Gasteiger partial charge < -0.3 is 20.6 Å². The average molecular weight is 498 g/mol. The molecule has 2 aliphatic rings. The Morgan fingerprint density at radius 2 is 1.81 bits per heavy atom. The molecule has 5 rings (SSSR count). The number of phenols is 1. The van der Waals surface area contributed by atoms with E-state index < -0.39 is 0 Å². The molecule has 8 heteroatoms. The lowest BCUT2D eigenvalue weighted by atomic mass is 9.96. The molecular weight excluding hydrogens is 462 g/mol. The van der Waals surface area contributed by atoms with E-state index in [1.807, 2.05) is 24.4 Å². The van der Waals surface area contributed by atoms with Gasteiger partial charge in [0.1, 0.15) is 11.4 Å². The average Bonchev–Trinajstić information content (AvgIpc) is 3.09. The highest BCUT2D eigenvalue weighted by molar-refractivity contribution is 5.74. The number of likely N-dealkylation sites (tertiary alicyclic amines) is 1. The minimum absolute atomic E-state index is 0.175. The number of aromatic hydroxyl groups is 1. The standard InChI is InChI=1S/C29H35N7O/c1-20-11-14-34(27-19-26(32-33-29(27)30)25-8-4-5-9-28(25)37)15-16-36(20)24-10-12-31-23(18-24)7-6-13-35-21(2)17-22(35)3/h4-5,8-10,12,18-22,37H,11,13-17H2,1-3H3,(H2,30,33)/t20-,21?,22?/m1/s1. The van der Waals surface area contributed by atoms with Crippen LogP contribution in [0.1, 0.15) is 39.3 Å². The molecule has 8 nitrogen and oxygen atoms in total. The van der Waals surface area contributed by atoms with Gasteiger partial charge in [0, 0.05) is 55.2 Å². The second-order valence-corrected chi connectivity index (χ2v) is 10.1. The minimum Gasteiger partial charge on any atom is -0.507 e. The zero-order valence-electron chi connectivity index (χ0n) is 21.8. The van der Waals surface area contributed by atoms with Gasteiger partial charge in [0.2, 0.25) is 0 Å². The van der Waals surface area contributed by atoms with Crippen LogP contribution in [0.5, 0.6) is 5.75 Å². The molecule has 0 aliphatic carbocycles. The number of anilines is 3. The number of para-hydroxylation sites is 1. The summed E-state index contributed by atoms with van der Waals surface area (Å²) in [5.41, 5.74) is 10.3. The third kappa shape index (κ3) is 5.32. The van der Waals surface area contributed by atoms with Crippen molar-refractivity contribution in [2.75, 3.05) is 41.7 Å². The number of benzene rings is 1. The molecule has 3 N–H and O–H groups in total. The number of pyridine rings is 1. The van der Waals surface area contributed by atoms with Crippen LogP contribution in [0.2, 0.25) is 0 Å². The molecule has 3 atom stereocenters. The first-order chi connectivity index (χ1) is 17.9. The summed E-state index contributed by atoms with van der Waals surface area (Å²) in [6.45, 7) is 10.0. The van der Waals surface area contributed by atoms with Crippen LogP contribution in [-0.4, -0.2) is 69.5 Å². The maximum atomic E-state index is 10.3. The van der Waals surface area contributed by atoms with Crippen LogP contribution < -0.4 is 15.5 Å². The highest BCUT2D eigenvalue weighted by atomic mass is 16.3. The zero-order chi connectivity index (χ0) is 25.9. The lowest BCUT2D eigenvalue weighted by Crippen LogP contribution is -2.52. The van der Waals surface area contributed by atoms with Crippen LogP contribution in [0, 0.1) is 11.8 Å². The monoisotopic (exact) mass is 497 g/mol. The normalized spacial score (nSPS) is 22.1. The van der Waals surface area contributed by atoms with Crippen molar-refractivity contribution >= 4 is 17.2 Å². The first-order valence-corrected chi connectivity index (χ1v) is 13.0. The molecule has 192 valence electrons. The summed E-state index contributed by atoms with van der Waals surface area (Å²) in [5, 5.41) is 18.7. The molecule has 0 saturated carbocycles. The first-order valence-electron chi connectivity index (χ1n) is 13.0. The second kappa shape index (κ2) is 10.7. The summed E-state index contributed by atoms with van der Waals surface area (Å²) in [4.78, 5) is 11.6. The van der Waals surface area contributed by atoms with Gasteiger partial charge >= 0.3 is 0 Å². The molecule has 2 aromatic heterocycles. The third-order valence-electron chi connectivity index (χ3n) is 7.65. The molecule has 3 aromatic rings. The van der Waals surface area contributed by atoms with Crippen LogP contribution in [0.3, 0.4) is 0 Å². The fourth-order valence-electron chi connectivity index (χ4n) is 5.41. The summed E-state index contributed by atoms with van der Waals surface area (Å²) in [7, 11) is 0. The predicted octanol–water partition coefficient (Wildman–Crippen LogP) is 3.77. The van der Waals surface area contributed by atoms with Gasteiger partial charge in [0.15, 0.2) is 5.82 Å². The lowest BCUT2D eigenvalue weighted by Gasteiger charge is -2.44. The lowest BCUT2D eigenvalue weighted by molar-refractivity contribution is 0.0540. The Balaban J connectivity index is 1.31. The number of nitrogen functional groups attached to an aromatic ring is 1. The van der Waals surface area contributed by atoms with Gasteiger partial charge in [0.25, 0.3) is 0 Å². The number of phenolic OH excluding ortho intramolecular Hbond substituents is 1. The molecule has 0 radical (unpaired) electrons. The van der Waals surface area contributed by atoms with Gasteiger partial charge in [-0.1, -0.05) is 18.1 Å². The van der Waals surface area contributed by atoms with Crippen LogP contribution in [0.4, 0.5) is 17.2 Å². The number of nitrogens with two attached hydrogens (primary N) is 1. The molecule has 4 heterocycles. The summed E-state index contributed by atoms with van der Waals surface area (Å²) < 4.78 is 0. The topological polar surface area (TPSA) is 94.6 Å². The van der Waals surface area contributed by atoms with E-state index in [0.29, 0.717) is 35.2 Å². The smallest absolute Gasteiger partial charge is 0.169 e. The number of nitrogens with zero attached hydrogens (tertiary/aromatic N) is 6. The van der Waals surface area contributed by atoms with Crippen molar-refractivity contribution in [1.82, 2.24) is 20.1 Å². The van der Waals surface area contributed by atoms with Crippen molar-refractivity contribution in [1.29, 1.82) is 0 Å². The Morgan fingerprint density at radius 1 is 1.00 bits per heavy atom. The van der Waals surface area contributed by atoms with Gasteiger partial charge in [-0.3, -0.25) is 4.90 Å². The highest BCUT2D eigenvalue weighted by Gasteiger charge is 2.30. The van der Waals surface area contributed by atoms with Crippen molar-refractivity contribution in [2.45, 2.75) is 51.7 Å². The Hall–Kier alpha value is -3.83. The van der Waals surface area contributed by atoms with Gasteiger partial charge in [-0.25, -0.2) is 4.98 Å². The van der Waals surface area contributed by atoms with E-state index in [9.17, 15) is 5.11 Å². The largest absolute Gasteiger partial charge is 0.507 e. The quantitative estimate of drug-likeness (QED) is 0.526. The van der Waals surface area contributed by atoms with Crippen molar-refractivity contribution in [3.05, 3.63) is 54.4 Å². The summed E-state index contributed by atoms with van der Waals surface area (Å²) >= 11 is 0. The SMILES string of the molecule is CC1CC(C)N1CC#Cc1cc(N2CCN(c3cc(-c4ccccc4O)nnc3N)CC[C@H]2C)ccn1. The van der Waals surface area contributed by atoms with E-state index in [1.54, 1.807) is 12.1 Å². The van der Waals surface area contributed by atoms with Crippen molar-refractivity contribution in [2.24, 2.45) is 0 Å². The Labute approximate surface area is 219 Å². The predicted molar refractivity (Wildman–Crippen MR) is 149 cm³/mol. The Kier molecular flexibility index (Phi) is 7.15. The van der Waals surface area contributed by atoms with Crippen molar-refractivity contribution < 1.29 is 5.11 Å². The maximum Gasteiger partial charge on any atom is 0.169 e. The van der Waals surface area contributed by atoms with Crippen LogP contribution in [0.25, 0.3) is 11.3 Å². The number of hydrogen-bond donors (Lipinski definition) is 2. The summed E-state index contributed by atoms with van der Waals surface area (Å²) in [6.07, 6.45) is 4.06. The van der Waals surface area contributed by atoms with Gasteiger partial charge in [-0.2, -0.15) is 0 Å². The van der Waals surface area contributed by atoms with Gasteiger partial charge in [0.05, 0.1) is 17.9 Å². The molecule has 0 spiro atoms.